The van der Waals surface area contributed by atoms with Gasteiger partial charge in [0, 0.05) is 16.6 Å². The van der Waals surface area contributed by atoms with Gasteiger partial charge in [-0.25, -0.2) is 14.8 Å². The zero-order valence-electron chi connectivity index (χ0n) is 17.5. The van der Waals surface area contributed by atoms with E-state index in [0.29, 0.717) is 17.1 Å². The van der Waals surface area contributed by atoms with Gasteiger partial charge in [0.1, 0.15) is 5.75 Å². The number of nitrogens with zero attached hydrogens (tertiary/aromatic N) is 2. The lowest BCUT2D eigenvalue weighted by molar-refractivity contribution is -0.380. The topological polar surface area (TPSA) is 77.2 Å². The number of aromatic nitrogens is 1. The van der Waals surface area contributed by atoms with E-state index in [9.17, 15) is 4.79 Å². The van der Waals surface area contributed by atoms with E-state index in [1.165, 1.54) is 0 Å². The van der Waals surface area contributed by atoms with Crippen molar-refractivity contribution in [2.24, 2.45) is 10.1 Å². The Kier molecular flexibility index (Phi) is 7.35. The average Bonchev–Trinajstić information content (AvgIpc) is 2.86. The van der Waals surface area contributed by atoms with Gasteiger partial charge in [0.2, 0.25) is 11.5 Å². The van der Waals surface area contributed by atoms with Crippen LogP contribution in [-0.2, 0) is 0 Å². The third-order valence-corrected chi connectivity index (χ3v) is 5.04. The lowest BCUT2D eigenvalue weighted by Crippen LogP contribution is -2.26. The molecule has 0 amide bonds. The molecule has 0 spiro atoms. The zero-order chi connectivity index (χ0) is 22.9. The molecule has 33 heavy (non-hydrogen) atoms. The Morgan fingerprint density at radius 3 is 2.30 bits per heavy atom. The normalized spacial score (nSPS) is 11.4. The summed E-state index contributed by atoms with van der Waals surface area (Å²) in [5.74, 6) is 0.628. The highest BCUT2D eigenvalue weighted by Gasteiger charge is 2.10. The molecule has 1 aromatic heterocycles. The quantitative estimate of drug-likeness (QED) is 0.130. The minimum absolute atomic E-state index is 0.411. The fraction of sp³-hybridized carbons (Fsp3) is 0. The Labute approximate surface area is 199 Å². The van der Waals surface area contributed by atoms with E-state index in [1.807, 2.05) is 66.9 Å². The smallest absolute Gasteiger partial charge is 0.343 e. The molecule has 3 aromatic carbocycles. The molecule has 2 N–H and O–H groups in total. The molecule has 0 unspecified atom stereocenters. The summed E-state index contributed by atoms with van der Waals surface area (Å²) < 4.78 is 6.33. The highest BCUT2D eigenvalue weighted by atomic mass is 79.9. The van der Waals surface area contributed by atoms with Crippen LogP contribution in [-0.4, -0.2) is 18.0 Å². The molecular weight excluding hydrogens is 480 g/mol. The summed E-state index contributed by atoms with van der Waals surface area (Å²) in [6.07, 6.45) is 3.50. The number of hydrogen-bond acceptors (Lipinski definition) is 4. The number of H-pyrrole nitrogens is 1. The minimum atomic E-state index is -0.411. The number of hydrazone groups is 1. The highest BCUT2D eigenvalue weighted by molar-refractivity contribution is 9.10. The number of hydrogen-bond donors (Lipinski definition) is 1. The van der Waals surface area contributed by atoms with Crippen LogP contribution in [0.25, 0.3) is 0 Å². The summed E-state index contributed by atoms with van der Waals surface area (Å²) in [6, 6.07) is 29.5. The molecule has 0 saturated heterocycles. The van der Waals surface area contributed by atoms with Gasteiger partial charge >= 0.3 is 5.97 Å². The first-order valence-corrected chi connectivity index (χ1v) is 10.9. The second kappa shape index (κ2) is 11.0. The van der Waals surface area contributed by atoms with Crippen molar-refractivity contribution in [2.45, 2.75) is 0 Å². The van der Waals surface area contributed by atoms with Gasteiger partial charge in [-0.3, -0.25) is 5.43 Å². The number of rotatable bonds is 6. The Hall–Kier alpha value is -4.10. The van der Waals surface area contributed by atoms with Gasteiger partial charge in [0.25, 0.3) is 0 Å². The fourth-order valence-corrected chi connectivity index (χ4v) is 3.12. The highest BCUT2D eigenvalue weighted by Crippen LogP contribution is 2.16. The van der Waals surface area contributed by atoms with Crippen LogP contribution in [0.5, 0.6) is 5.75 Å². The number of amidine groups is 1. The molecule has 7 heteroatoms. The van der Waals surface area contributed by atoms with Crippen LogP contribution in [0.3, 0.4) is 0 Å². The number of esters is 1. The van der Waals surface area contributed by atoms with Crippen molar-refractivity contribution in [3.8, 4) is 5.75 Å². The van der Waals surface area contributed by atoms with Crippen molar-refractivity contribution >= 4 is 39.6 Å². The molecule has 0 atom stereocenters. The van der Waals surface area contributed by atoms with Crippen LogP contribution in [0.2, 0.25) is 0 Å². The zero-order valence-corrected chi connectivity index (χ0v) is 19.1. The van der Waals surface area contributed by atoms with E-state index in [-0.39, 0.29) is 0 Å². The lowest BCUT2D eigenvalue weighted by Gasteiger charge is -2.05. The van der Waals surface area contributed by atoms with Crippen LogP contribution in [0.1, 0.15) is 21.6 Å². The van der Waals surface area contributed by atoms with Gasteiger partial charge in [-0.2, -0.15) is 5.10 Å². The molecule has 0 saturated carbocycles. The maximum absolute atomic E-state index is 12.3. The van der Waals surface area contributed by atoms with E-state index >= 15 is 0 Å². The van der Waals surface area contributed by atoms with Crippen molar-refractivity contribution in [3.05, 3.63) is 125 Å². The van der Waals surface area contributed by atoms with Crippen LogP contribution >= 0.6 is 15.9 Å². The van der Waals surface area contributed by atoms with Crippen LogP contribution in [0.15, 0.2) is 118 Å². The van der Waals surface area contributed by atoms with Crippen molar-refractivity contribution in [1.29, 1.82) is 0 Å². The van der Waals surface area contributed by atoms with Crippen LogP contribution in [0, 0.1) is 0 Å². The molecule has 4 rings (SSSR count). The van der Waals surface area contributed by atoms with Gasteiger partial charge in [-0.1, -0.05) is 34.1 Å². The number of ether oxygens (including phenoxy) is 1. The predicted molar refractivity (Wildman–Crippen MR) is 132 cm³/mol. The molecule has 0 radical (unpaired) electrons. The van der Waals surface area contributed by atoms with Gasteiger partial charge in [-0.05, 0) is 72.3 Å². The Morgan fingerprint density at radius 2 is 1.61 bits per heavy atom. The van der Waals surface area contributed by atoms with Gasteiger partial charge in [0.05, 0.1) is 17.5 Å². The minimum Gasteiger partial charge on any atom is -0.423 e. The Bertz CT molecular complexity index is 1260. The lowest BCUT2D eigenvalue weighted by atomic mass is 10.2. The summed E-state index contributed by atoms with van der Waals surface area (Å²) in [5.41, 5.74) is 5.93. The summed E-state index contributed by atoms with van der Waals surface area (Å²) in [5, 5.41) is 4.32. The standard InChI is InChI=1S/C26H19BrN4O2/c27-21-13-11-20(12-14-21)26(32)33-23-15-9-19(10-16-23)18-29-31-25(24-8-4-5-17-28-24)30-22-6-2-1-3-7-22/h1-18H,(H,30,31)/p+1. The van der Waals surface area contributed by atoms with Gasteiger partial charge in [0.15, 0.2) is 6.20 Å². The number of carbonyl (C=O) groups excluding carboxylic acids is 1. The average molecular weight is 500 g/mol. The first-order valence-electron chi connectivity index (χ1n) is 10.1. The van der Waals surface area contributed by atoms with Crippen molar-refractivity contribution in [3.63, 3.8) is 0 Å². The number of benzene rings is 3. The second-order valence-corrected chi connectivity index (χ2v) is 7.82. The van der Waals surface area contributed by atoms with Crippen molar-refractivity contribution in [2.75, 3.05) is 0 Å². The number of para-hydroxylation sites is 1. The molecule has 0 aliphatic heterocycles. The number of halogens is 1. The maximum atomic E-state index is 12.3. The maximum Gasteiger partial charge on any atom is 0.343 e. The van der Waals surface area contributed by atoms with E-state index in [2.05, 4.69) is 36.4 Å². The number of nitrogens with one attached hydrogen (secondary N) is 2. The molecule has 0 aliphatic rings. The number of aromatic amines is 1. The van der Waals surface area contributed by atoms with E-state index in [0.717, 1.165) is 21.4 Å². The predicted octanol–water partition coefficient (Wildman–Crippen LogP) is 5.18. The van der Waals surface area contributed by atoms with Gasteiger partial charge < -0.3 is 4.74 Å². The molecule has 0 bridgehead atoms. The second-order valence-electron chi connectivity index (χ2n) is 6.91. The summed E-state index contributed by atoms with van der Waals surface area (Å²) in [7, 11) is 0. The molecule has 4 aromatic rings. The molecule has 162 valence electrons. The third kappa shape index (κ3) is 6.44. The van der Waals surface area contributed by atoms with E-state index < -0.39 is 5.97 Å². The SMILES string of the molecule is O=C(Oc1ccc(C=NNC(=Nc2ccccc2)c2cccc[nH+]2)cc1)c1ccc(Br)cc1. The molecule has 0 aliphatic carbocycles. The first-order chi connectivity index (χ1) is 16.2. The number of aliphatic imine (C=N–C) groups is 1. The molecular formula is C26H20BrN4O2+. The molecule has 6 nitrogen and oxygen atoms in total. The van der Waals surface area contributed by atoms with Crippen molar-refractivity contribution in [1.82, 2.24) is 5.43 Å². The van der Waals surface area contributed by atoms with Crippen LogP contribution in [0.4, 0.5) is 5.69 Å². The van der Waals surface area contributed by atoms with Crippen molar-refractivity contribution < 1.29 is 14.5 Å². The number of pyridine rings is 1. The van der Waals surface area contributed by atoms with Crippen LogP contribution < -0.4 is 15.1 Å². The summed E-state index contributed by atoms with van der Waals surface area (Å²) in [4.78, 5) is 20.1. The monoisotopic (exact) mass is 499 g/mol. The van der Waals surface area contributed by atoms with Gasteiger partial charge in [-0.15, -0.1) is 0 Å². The van der Waals surface area contributed by atoms with E-state index in [4.69, 9.17) is 4.74 Å². The molecule has 0 fully saturated rings. The van der Waals surface area contributed by atoms with E-state index in [1.54, 1.807) is 42.6 Å². The largest absolute Gasteiger partial charge is 0.423 e. The first kappa shape index (κ1) is 22.1. The third-order valence-electron chi connectivity index (χ3n) is 4.52. The number of carbonyl (C=O) groups is 1. The molecule has 1 heterocycles. The Morgan fingerprint density at radius 1 is 0.879 bits per heavy atom. The summed E-state index contributed by atoms with van der Waals surface area (Å²) in [6.45, 7) is 0. The summed E-state index contributed by atoms with van der Waals surface area (Å²) >= 11 is 3.35. The Balaban J connectivity index is 1.42. The fourth-order valence-electron chi connectivity index (χ4n) is 2.86.